The fraction of sp³-hybridized carbons (Fsp3) is 0.381. The van der Waals surface area contributed by atoms with E-state index in [1.807, 2.05) is 33.8 Å². The van der Waals surface area contributed by atoms with Crippen molar-refractivity contribution in [1.29, 1.82) is 0 Å². The average Bonchev–Trinajstić information content (AvgIpc) is 2.55. The van der Waals surface area contributed by atoms with Crippen LogP contribution < -0.4 is 9.62 Å². The summed E-state index contributed by atoms with van der Waals surface area (Å²) in [5.41, 5.74) is 4.61. The Balaban J connectivity index is 2.33. The molecular formula is C21H26Cl2N2O3S. The molecule has 0 saturated heterocycles. The summed E-state index contributed by atoms with van der Waals surface area (Å²) < 4.78 is 25.9. The highest BCUT2D eigenvalue weighted by Crippen LogP contribution is 2.29. The molecule has 0 aliphatic heterocycles. The van der Waals surface area contributed by atoms with Crippen LogP contribution in [0.25, 0.3) is 0 Å². The van der Waals surface area contributed by atoms with Gasteiger partial charge in [0, 0.05) is 10.0 Å². The first-order valence-electron chi connectivity index (χ1n) is 9.15. The highest BCUT2D eigenvalue weighted by molar-refractivity contribution is 7.92. The first-order chi connectivity index (χ1) is 13.3. The van der Waals surface area contributed by atoms with Crippen LogP contribution in [0.3, 0.4) is 0 Å². The van der Waals surface area contributed by atoms with Crippen molar-refractivity contribution in [2.24, 2.45) is 0 Å². The Kier molecular flexibility index (Phi) is 7.25. The van der Waals surface area contributed by atoms with Crippen LogP contribution in [0.4, 0.5) is 5.69 Å². The fourth-order valence-electron chi connectivity index (χ4n) is 3.34. The van der Waals surface area contributed by atoms with Crippen molar-refractivity contribution < 1.29 is 13.2 Å². The molecule has 1 N–H and O–H groups in total. The number of nitrogens with zero attached hydrogens (tertiary/aromatic N) is 1. The van der Waals surface area contributed by atoms with Gasteiger partial charge in [-0.1, -0.05) is 35.3 Å². The lowest BCUT2D eigenvalue weighted by atomic mass is 9.96. The molecule has 2 unspecified atom stereocenters. The Morgan fingerprint density at radius 1 is 0.931 bits per heavy atom. The summed E-state index contributed by atoms with van der Waals surface area (Å²) in [4.78, 5) is 12.9. The van der Waals surface area contributed by atoms with E-state index in [-0.39, 0.29) is 21.8 Å². The number of amides is 1. The van der Waals surface area contributed by atoms with Gasteiger partial charge in [-0.3, -0.25) is 9.10 Å². The molecule has 0 spiro atoms. The highest BCUT2D eigenvalue weighted by atomic mass is 35.5. The molecule has 0 aromatic heterocycles. The number of carbonyl (C=O) groups excluding carboxylic acids is 1. The molecule has 2 aromatic rings. The Labute approximate surface area is 183 Å². The Hall–Kier alpha value is -1.76. The number of benzene rings is 2. The van der Waals surface area contributed by atoms with E-state index in [0.717, 1.165) is 27.3 Å². The van der Waals surface area contributed by atoms with Crippen molar-refractivity contribution in [1.82, 2.24) is 5.32 Å². The molecule has 158 valence electrons. The fourth-order valence-corrected chi connectivity index (χ4v) is 5.01. The van der Waals surface area contributed by atoms with E-state index in [9.17, 15) is 13.2 Å². The van der Waals surface area contributed by atoms with Crippen molar-refractivity contribution in [2.75, 3.05) is 10.6 Å². The van der Waals surface area contributed by atoms with Crippen molar-refractivity contribution in [3.8, 4) is 0 Å². The maximum Gasteiger partial charge on any atom is 0.244 e. The Bertz CT molecular complexity index is 1020. The number of hydrogen-bond donors (Lipinski definition) is 1. The molecule has 1 amide bonds. The van der Waals surface area contributed by atoms with E-state index in [0.29, 0.717) is 0 Å². The maximum atomic E-state index is 12.9. The smallest absolute Gasteiger partial charge is 0.244 e. The van der Waals surface area contributed by atoms with E-state index < -0.39 is 22.0 Å². The topological polar surface area (TPSA) is 66.5 Å². The number of hydrogen-bond acceptors (Lipinski definition) is 3. The first kappa shape index (κ1) is 23.5. The van der Waals surface area contributed by atoms with Gasteiger partial charge in [-0.25, -0.2) is 8.42 Å². The van der Waals surface area contributed by atoms with E-state index in [4.69, 9.17) is 23.2 Å². The van der Waals surface area contributed by atoms with Crippen LogP contribution in [0.5, 0.6) is 0 Å². The minimum Gasteiger partial charge on any atom is -0.348 e. The van der Waals surface area contributed by atoms with Gasteiger partial charge in [0.25, 0.3) is 0 Å². The van der Waals surface area contributed by atoms with Crippen LogP contribution in [0.2, 0.25) is 10.0 Å². The minimum absolute atomic E-state index is 0.239. The zero-order valence-electron chi connectivity index (χ0n) is 17.4. The summed E-state index contributed by atoms with van der Waals surface area (Å²) in [5, 5.41) is 3.49. The van der Waals surface area contributed by atoms with Gasteiger partial charge in [0.05, 0.1) is 18.0 Å². The van der Waals surface area contributed by atoms with Crippen LogP contribution in [0.1, 0.15) is 42.1 Å². The second kappa shape index (κ2) is 8.94. The van der Waals surface area contributed by atoms with Crippen LogP contribution in [0, 0.1) is 20.8 Å². The molecule has 0 heterocycles. The number of aryl methyl sites for hydroxylation is 3. The first-order valence-corrected chi connectivity index (χ1v) is 11.7. The summed E-state index contributed by atoms with van der Waals surface area (Å²) in [6.07, 6.45) is 1.04. The molecule has 0 bridgehead atoms. The second-order valence-electron chi connectivity index (χ2n) is 7.39. The number of sulfonamides is 1. The average molecular weight is 457 g/mol. The number of halogens is 2. The van der Waals surface area contributed by atoms with Crippen molar-refractivity contribution in [3.05, 3.63) is 62.6 Å². The van der Waals surface area contributed by atoms with Gasteiger partial charge in [-0.15, -0.1) is 0 Å². The standard InChI is InChI=1S/C21H26Cl2N2O3S/c1-12-7-14(3)20(8-13(12)2)15(4)24-21(26)16(5)25(29(6,27)28)19-10-17(22)9-18(23)11-19/h7-11,15-16H,1-6H3,(H,24,26). The van der Waals surface area contributed by atoms with E-state index in [2.05, 4.69) is 11.4 Å². The number of anilines is 1. The van der Waals surface area contributed by atoms with Crippen molar-refractivity contribution in [2.45, 2.75) is 46.7 Å². The van der Waals surface area contributed by atoms with Gasteiger partial charge in [0.2, 0.25) is 15.9 Å². The summed E-state index contributed by atoms with van der Waals surface area (Å²) >= 11 is 12.1. The van der Waals surface area contributed by atoms with Crippen LogP contribution >= 0.6 is 23.2 Å². The monoisotopic (exact) mass is 456 g/mol. The van der Waals surface area contributed by atoms with Gasteiger partial charge < -0.3 is 5.32 Å². The lowest BCUT2D eigenvalue weighted by Crippen LogP contribution is -2.48. The summed E-state index contributed by atoms with van der Waals surface area (Å²) in [5.74, 6) is -0.420. The predicted molar refractivity (Wildman–Crippen MR) is 120 cm³/mol. The summed E-state index contributed by atoms with van der Waals surface area (Å²) in [6, 6.07) is 7.29. The Morgan fingerprint density at radius 2 is 1.45 bits per heavy atom. The van der Waals surface area contributed by atoms with Gasteiger partial charge in [0.15, 0.2) is 0 Å². The summed E-state index contributed by atoms with van der Waals surface area (Å²) in [7, 11) is -3.76. The lowest BCUT2D eigenvalue weighted by Gasteiger charge is -2.30. The molecule has 0 saturated carbocycles. The lowest BCUT2D eigenvalue weighted by molar-refractivity contribution is -0.122. The van der Waals surface area contributed by atoms with Gasteiger partial charge in [-0.2, -0.15) is 0 Å². The van der Waals surface area contributed by atoms with Crippen LogP contribution in [-0.2, 0) is 14.8 Å². The van der Waals surface area contributed by atoms with Crippen LogP contribution in [0.15, 0.2) is 30.3 Å². The largest absolute Gasteiger partial charge is 0.348 e. The predicted octanol–water partition coefficient (Wildman–Crippen LogP) is 4.95. The molecule has 0 aliphatic rings. The molecule has 8 heteroatoms. The summed E-state index contributed by atoms with van der Waals surface area (Å²) in [6.45, 7) is 9.46. The van der Waals surface area contributed by atoms with E-state index in [1.165, 1.54) is 30.7 Å². The van der Waals surface area contributed by atoms with Gasteiger partial charge in [0.1, 0.15) is 6.04 Å². The molecule has 2 atom stereocenters. The second-order valence-corrected chi connectivity index (χ2v) is 10.1. The highest BCUT2D eigenvalue weighted by Gasteiger charge is 2.30. The zero-order chi connectivity index (χ0) is 22.1. The van der Waals surface area contributed by atoms with Gasteiger partial charge >= 0.3 is 0 Å². The molecule has 0 radical (unpaired) electrons. The number of rotatable bonds is 6. The SMILES string of the molecule is Cc1cc(C)c(C(C)NC(=O)C(C)N(c2cc(Cl)cc(Cl)c2)S(C)(=O)=O)cc1C. The third-order valence-electron chi connectivity index (χ3n) is 4.90. The third kappa shape index (κ3) is 5.65. The van der Waals surface area contributed by atoms with Gasteiger partial charge in [-0.05, 0) is 75.1 Å². The third-order valence-corrected chi connectivity index (χ3v) is 6.58. The quantitative estimate of drug-likeness (QED) is 0.668. The molecule has 5 nitrogen and oxygen atoms in total. The molecule has 0 fully saturated rings. The molecule has 0 aliphatic carbocycles. The van der Waals surface area contributed by atoms with Crippen molar-refractivity contribution in [3.63, 3.8) is 0 Å². The molecule has 2 aromatic carbocycles. The van der Waals surface area contributed by atoms with Crippen molar-refractivity contribution >= 4 is 44.8 Å². The molecular weight excluding hydrogens is 431 g/mol. The number of nitrogens with one attached hydrogen (secondary N) is 1. The molecule has 29 heavy (non-hydrogen) atoms. The Morgan fingerprint density at radius 3 is 1.97 bits per heavy atom. The van der Waals surface area contributed by atoms with Crippen LogP contribution in [-0.4, -0.2) is 26.6 Å². The van der Waals surface area contributed by atoms with E-state index in [1.54, 1.807) is 0 Å². The maximum absolute atomic E-state index is 12.9. The molecule has 2 rings (SSSR count). The minimum atomic E-state index is -3.76. The zero-order valence-corrected chi connectivity index (χ0v) is 19.7. The normalized spacial score (nSPS) is 13.7. The number of carbonyl (C=O) groups is 1. The van der Waals surface area contributed by atoms with E-state index >= 15 is 0 Å².